The molecule has 1 aromatic carbocycles. The summed E-state index contributed by atoms with van der Waals surface area (Å²) in [5.74, 6) is 0.521. The zero-order valence-electron chi connectivity index (χ0n) is 8.42. The van der Waals surface area contributed by atoms with Crippen LogP contribution in [0.25, 0.3) is 0 Å². The van der Waals surface area contributed by atoms with Gasteiger partial charge in [0.25, 0.3) is 0 Å². The summed E-state index contributed by atoms with van der Waals surface area (Å²) in [6, 6.07) is 5.20. The molecule has 0 bridgehead atoms. The smallest absolute Gasteiger partial charge is 0.160 e. The maximum absolute atomic E-state index is 11.2. The zero-order valence-corrected chi connectivity index (χ0v) is 8.42. The fourth-order valence-electron chi connectivity index (χ4n) is 1.33. The van der Waals surface area contributed by atoms with Crippen LogP contribution in [0.4, 0.5) is 0 Å². The Balaban J connectivity index is 3.44. The van der Waals surface area contributed by atoms with Crippen LogP contribution in [0, 0.1) is 18.3 Å². The number of ether oxygens (including phenoxy) is 1. The monoisotopic (exact) mass is 189 g/mol. The molecule has 0 saturated heterocycles. The van der Waals surface area contributed by atoms with E-state index in [1.54, 1.807) is 19.1 Å². The van der Waals surface area contributed by atoms with Gasteiger partial charge in [0.15, 0.2) is 5.78 Å². The Hall–Kier alpha value is -1.82. The van der Waals surface area contributed by atoms with Crippen LogP contribution in [-0.4, -0.2) is 12.9 Å². The fourth-order valence-corrected chi connectivity index (χ4v) is 1.33. The van der Waals surface area contributed by atoms with Crippen LogP contribution in [0.3, 0.4) is 0 Å². The molecule has 0 saturated carbocycles. The van der Waals surface area contributed by atoms with Crippen molar-refractivity contribution < 1.29 is 9.53 Å². The first kappa shape index (κ1) is 10.3. The van der Waals surface area contributed by atoms with Crippen molar-refractivity contribution in [3.63, 3.8) is 0 Å². The number of carbonyl (C=O) groups excluding carboxylic acids is 1. The number of methoxy groups -OCH3 is 1. The summed E-state index contributed by atoms with van der Waals surface area (Å²) >= 11 is 0. The molecule has 0 fully saturated rings. The van der Waals surface area contributed by atoms with E-state index in [4.69, 9.17) is 10.00 Å². The SMILES string of the molecule is COc1cc(C#N)cc(C(C)=O)c1C. The van der Waals surface area contributed by atoms with Crippen molar-refractivity contribution >= 4 is 5.78 Å². The van der Waals surface area contributed by atoms with Crippen molar-refractivity contribution in [1.29, 1.82) is 5.26 Å². The molecule has 1 aromatic rings. The van der Waals surface area contributed by atoms with Gasteiger partial charge >= 0.3 is 0 Å². The van der Waals surface area contributed by atoms with E-state index in [-0.39, 0.29) is 5.78 Å². The first-order chi connectivity index (χ1) is 6.60. The van der Waals surface area contributed by atoms with Gasteiger partial charge in [-0.2, -0.15) is 5.26 Å². The van der Waals surface area contributed by atoms with Gasteiger partial charge in [-0.3, -0.25) is 4.79 Å². The molecule has 0 spiro atoms. The second-order valence-corrected chi connectivity index (χ2v) is 3.02. The Labute approximate surface area is 82.9 Å². The van der Waals surface area contributed by atoms with Crippen LogP contribution in [0.1, 0.15) is 28.4 Å². The quantitative estimate of drug-likeness (QED) is 0.669. The van der Waals surface area contributed by atoms with Crippen molar-refractivity contribution in [2.75, 3.05) is 7.11 Å². The van der Waals surface area contributed by atoms with Gasteiger partial charge in [0, 0.05) is 11.1 Å². The number of hydrogen-bond donors (Lipinski definition) is 0. The lowest BCUT2D eigenvalue weighted by Crippen LogP contribution is -2.00. The topological polar surface area (TPSA) is 50.1 Å². The number of ketones is 1. The fraction of sp³-hybridized carbons (Fsp3) is 0.273. The molecule has 0 amide bonds. The third-order valence-electron chi connectivity index (χ3n) is 2.09. The number of benzene rings is 1. The molecular weight excluding hydrogens is 178 g/mol. The van der Waals surface area contributed by atoms with E-state index in [0.29, 0.717) is 16.9 Å². The molecule has 1 rings (SSSR count). The second kappa shape index (κ2) is 3.93. The number of carbonyl (C=O) groups is 1. The summed E-state index contributed by atoms with van der Waals surface area (Å²) < 4.78 is 5.07. The minimum atomic E-state index is -0.0575. The molecule has 0 atom stereocenters. The Morgan fingerprint density at radius 2 is 2.14 bits per heavy atom. The van der Waals surface area contributed by atoms with Crippen molar-refractivity contribution in [2.45, 2.75) is 13.8 Å². The van der Waals surface area contributed by atoms with E-state index in [9.17, 15) is 4.79 Å². The average Bonchev–Trinajstić information content (AvgIpc) is 2.17. The van der Waals surface area contributed by atoms with E-state index in [1.807, 2.05) is 6.07 Å². The molecule has 72 valence electrons. The summed E-state index contributed by atoms with van der Waals surface area (Å²) in [5.41, 5.74) is 1.76. The third-order valence-corrected chi connectivity index (χ3v) is 2.09. The first-order valence-electron chi connectivity index (χ1n) is 4.19. The Morgan fingerprint density at radius 1 is 1.50 bits per heavy atom. The molecular formula is C11H11NO2. The van der Waals surface area contributed by atoms with Crippen molar-refractivity contribution in [1.82, 2.24) is 0 Å². The second-order valence-electron chi connectivity index (χ2n) is 3.02. The predicted molar refractivity (Wildman–Crippen MR) is 52.5 cm³/mol. The van der Waals surface area contributed by atoms with E-state index in [0.717, 1.165) is 5.56 Å². The molecule has 0 heterocycles. The highest BCUT2D eigenvalue weighted by Gasteiger charge is 2.10. The van der Waals surface area contributed by atoms with E-state index in [1.165, 1.54) is 14.0 Å². The summed E-state index contributed by atoms with van der Waals surface area (Å²) in [7, 11) is 1.52. The molecule has 0 unspecified atom stereocenters. The summed E-state index contributed by atoms with van der Waals surface area (Å²) in [6.45, 7) is 3.28. The summed E-state index contributed by atoms with van der Waals surface area (Å²) in [5, 5.41) is 8.74. The first-order valence-corrected chi connectivity index (χ1v) is 4.19. The zero-order chi connectivity index (χ0) is 10.7. The number of Topliss-reactive ketones (excluding diaryl/α,β-unsaturated/α-hetero) is 1. The average molecular weight is 189 g/mol. The number of nitriles is 1. The van der Waals surface area contributed by atoms with E-state index < -0.39 is 0 Å². The Bertz CT molecular complexity index is 416. The molecule has 0 aliphatic heterocycles. The lowest BCUT2D eigenvalue weighted by Gasteiger charge is -2.08. The normalized spacial score (nSPS) is 9.29. The van der Waals surface area contributed by atoms with Gasteiger partial charge in [-0.15, -0.1) is 0 Å². The van der Waals surface area contributed by atoms with E-state index >= 15 is 0 Å². The van der Waals surface area contributed by atoms with Crippen molar-refractivity contribution in [3.8, 4) is 11.8 Å². The maximum Gasteiger partial charge on any atom is 0.160 e. The van der Waals surface area contributed by atoms with Gasteiger partial charge in [-0.1, -0.05) is 0 Å². The van der Waals surface area contributed by atoms with Crippen LogP contribution in [0.15, 0.2) is 12.1 Å². The highest BCUT2D eigenvalue weighted by Crippen LogP contribution is 2.23. The summed E-state index contributed by atoms with van der Waals surface area (Å²) in [4.78, 5) is 11.2. The van der Waals surface area contributed by atoms with Crippen LogP contribution >= 0.6 is 0 Å². The van der Waals surface area contributed by atoms with Gasteiger partial charge in [-0.25, -0.2) is 0 Å². The Morgan fingerprint density at radius 3 is 2.57 bits per heavy atom. The van der Waals surface area contributed by atoms with Crippen molar-refractivity contribution in [2.24, 2.45) is 0 Å². The van der Waals surface area contributed by atoms with Gasteiger partial charge in [0.2, 0.25) is 0 Å². The lowest BCUT2D eigenvalue weighted by molar-refractivity contribution is 0.101. The highest BCUT2D eigenvalue weighted by atomic mass is 16.5. The van der Waals surface area contributed by atoms with Crippen molar-refractivity contribution in [3.05, 3.63) is 28.8 Å². The van der Waals surface area contributed by atoms with Gasteiger partial charge in [0.05, 0.1) is 18.7 Å². The van der Waals surface area contributed by atoms with Crippen LogP contribution in [-0.2, 0) is 0 Å². The standard InChI is InChI=1S/C11H11NO2/c1-7-10(8(2)13)4-9(6-12)5-11(7)14-3/h4-5H,1-3H3. The number of rotatable bonds is 2. The molecule has 0 aliphatic rings. The number of nitrogens with zero attached hydrogens (tertiary/aromatic N) is 1. The van der Waals surface area contributed by atoms with Gasteiger partial charge in [-0.05, 0) is 26.0 Å². The molecule has 0 aliphatic carbocycles. The minimum absolute atomic E-state index is 0.0575. The maximum atomic E-state index is 11.2. The minimum Gasteiger partial charge on any atom is -0.496 e. The largest absolute Gasteiger partial charge is 0.496 e. The summed E-state index contributed by atoms with van der Waals surface area (Å²) in [6.07, 6.45) is 0. The number of hydrogen-bond acceptors (Lipinski definition) is 3. The molecule has 0 radical (unpaired) electrons. The Kier molecular flexibility index (Phi) is 2.88. The molecule has 3 nitrogen and oxygen atoms in total. The molecule has 14 heavy (non-hydrogen) atoms. The van der Waals surface area contributed by atoms with E-state index in [2.05, 4.69) is 0 Å². The molecule has 0 N–H and O–H groups in total. The van der Waals surface area contributed by atoms with Gasteiger partial charge < -0.3 is 4.74 Å². The predicted octanol–water partition coefficient (Wildman–Crippen LogP) is 2.08. The van der Waals surface area contributed by atoms with Crippen LogP contribution in [0.5, 0.6) is 5.75 Å². The van der Waals surface area contributed by atoms with Gasteiger partial charge in [0.1, 0.15) is 5.75 Å². The van der Waals surface area contributed by atoms with Crippen LogP contribution < -0.4 is 4.74 Å². The van der Waals surface area contributed by atoms with Crippen LogP contribution in [0.2, 0.25) is 0 Å². The highest BCUT2D eigenvalue weighted by molar-refractivity contribution is 5.96. The molecule has 3 heteroatoms. The lowest BCUT2D eigenvalue weighted by atomic mass is 10.0. The third kappa shape index (κ3) is 1.74. The molecule has 0 aromatic heterocycles.